The van der Waals surface area contributed by atoms with Crippen LogP contribution in [0.3, 0.4) is 0 Å². The van der Waals surface area contributed by atoms with Crippen LogP contribution in [0.2, 0.25) is 0 Å². The van der Waals surface area contributed by atoms with Gasteiger partial charge in [0.2, 0.25) is 6.79 Å². The third-order valence-electron chi connectivity index (χ3n) is 8.02. The molecule has 0 saturated carbocycles. The molecule has 3 heterocycles. The van der Waals surface area contributed by atoms with Crippen molar-refractivity contribution < 1.29 is 14.3 Å². The Balaban J connectivity index is 1.24. The Kier molecular flexibility index (Phi) is 6.71. The molecular formula is C32H34N2O3. The van der Waals surface area contributed by atoms with E-state index in [0.29, 0.717) is 31.0 Å². The summed E-state index contributed by atoms with van der Waals surface area (Å²) in [5, 5.41) is 2.90. The summed E-state index contributed by atoms with van der Waals surface area (Å²) in [7, 11) is 0. The maximum Gasteiger partial charge on any atom is 0.251 e. The quantitative estimate of drug-likeness (QED) is 0.449. The minimum Gasteiger partial charge on any atom is -0.454 e. The second-order valence-electron chi connectivity index (χ2n) is 10.3. The smallest absolute Gasteiger partial charge is 0.251 e. The highest BCUT2D eigenvalue weighted by Crippen LogP contribution is 2.43. The van der Waals surface area contributed by atoms with Gasteiger partial charge in [0.1, 0.15) is 0 Å². The number of hydrogen-bond acceptors (Lipinski definition) is 4. The van der Waals surface area contributed by atoms with E-state index in [1.54, 1.807) is 5.57 Å². The average molecular weight is 495 g/mol. The molecule has 2 unspecified atom stereocenters. The fourth-order valence-corrected chi connectivity index (χ4v) is 6.26. The number of carbonyl (C=O) groups excluding carboxylic acids is 1. The molecule has 2 atom stereocenters. The lowest BCUT2D eigenvalue weighted by Crippen LogP contribution is -2.41. The fraction of sp³-hybridized carbons (Fsp3) is 0.344. The second kappa shape index (κ2) is 10.4. The van der Waals surface area contributed by atoms with Gasteiger partial charge in [-0.2, -0.15) is 0 Å². The summed E-state index contributed by atoms with van der Waals surface area (Å²) in [4.78, 5) is 15.1. The maximum absolute atomic E-state index is 12.3. The van der Waals surface area contributed by atoms with Crippen molar-refractivity contribution in [2.24, 2.45) is 0 Å². The summed E-state index contributed by atoms with van der Waals surface area (Å²) in [5.41, 5.74) is 7.36. The number of rotatable bonds is 7. The monoisotopic (exact) mass is 494 g/mol. The van der Waals surface area contributed by atoms with E-state index in [-0.39, 0.29) is 5.91 Å². The minimum atomic E-state index is -0.0169. The zero-order valence-electron chi connectivity index (χ0n) is 21.4. The van der Waals surface area contributed by atoms with E-state index in [1.807, 2.05) is 25.1 Å². The Hall–Kier alpha value is -3.57. The SMILES string of the molecule is CCNC(=O)c1ccc(C(=C2CC3CCC(C2)N3CCc2ccc3c(c2)OCO3)c2ccccc2)cc1. The molecule has 37 heavy (non-hydrogen) atoms. The lowest BCUT2D eigenvalue weighted by molar-refractivity contribution is 0.0956. The van der Waals surface area contributed by atoms with E-state index >= 15 is 0 Å². The molecule has 190 valence electrons. The molecule has 0 aromatic heterocycles. The normalized spacial score (nSPS) is 20.2. The van der Waals surface area contributed by atoms with Gasteiger partial charge in [0.15, 0.2) is 11.5 Å². The van der Waals surface area contributed by atoms with Gasteiger partial charge in [-0.3, -0.25) is 9.69 Å². The summed E-state index contributed by atoms with van der Waals surface area (Å²) in [6.07, 6.45) is 5.73. The summed E-state index contributed by atoms with van der Waals surface area (Å²) in [6.45, 7) is 3.97. The highest BCUT2D eigenvalue weighted by Gasteiger charge is 2.39. The number of nitrogens with zero attached hydrogens (tertiary/aromatic N) is 1. The molecule has 2 saturated heterocycles. The fourth-order valence-electron chi connectivity index (χ4n) is 6.26. The van der Waals surface area contributed by atoms with E-state index < -0.39 is 0 Å². The van der Waals surface area contributed by atoms with Crippen molar-refractivity contribution in [3.63, 3.8) is 0 Å². The molecular weight excluding hydrogens is 460 g/mol. The number of fused-ring (bicyclic) bond motifs is 3. The van der Waals surface area contributed by atoms with Crippen LogP contribution in [0.15, 0.2) is 78.4 Å². The van der Waals surface area contributed by atoms with Crippen molar-refractivity contribution in [2.75, 3.05) is 19.9 Å². The van der Waals surface area contributed by atoms with Gasteiger partial charge < -0.3 is 14.8 Å². The number of amides is 1. The predicted octanol–water partition coefficient (Wildman–Crippen LogP) is 5.84. The summed E-state index contributed by atoms with van der Waals surface area (Å²) in [5.74, 6) is 1.70. The molecule has 5 heteroatoms. The van der Waals surface area contributed by atoms with E-state index in [9.17, 15) is 4.79 Å². The molecule has 6 rings (SSSR count). The Morgan fingerprint density at radius 2 is 1.54 bits per heavy atom. The molecule has 1 amide bonds. The standard InChI is InChI=1S/C32H34N2O3/c1-2-33-32(35)25-11-9-24(10-12-25)31(23-6-4-3-5-7-23)26-19-27-13-14-28(20-26)34(27)17-16-22-8-15-29-30(18-22)37-21-36-29/h3-12,15,18,27-28H,2,13-14,16-17,19-21H2,1H3,(H,33,35). The molecule has 1 N–H and O–H groups in total. The van der Waals surface area contributed by atoms with Gasteiger partial charge in [-0.15, -0.1) is 0 Å². The summed E-state index contributed by atoms with van der Waals surface area (Å²) >= 11 is 0. The number of benzene rings is 3. The lowest BCUT2D eigenvalue weighted by Gasteiger charge is -2.37. The van der Waals surface area contributed by atoms with Crippen molar-refractivity contribution in [1.82, 2.24) is 10.2 Å². The van der Waals surface area contributed by atoms with Gasteiger partial charge in [-0.05, 0) is 85.6 Å². The number of ether oxygens (including phenoxy) is 2. The summed E-state index contributed by atoms with van der Waals surface area (Å²) < 4.78 is 11.0. The van der Waals surface area contributed by atoms with Crippen LogP contribution in [-0.4, -0.2) is 42.8 Å². The van der Waals surface area contributed by atoms with E-state index in [2.05, 4.69) is 64.8 Å². The van der Waals surface area contributed by atoms with Crippen LogP contribution in [0.1, 0.15) is 59.7 Å². The Labute approximate surface area is 219 Å². The lowest BCUT2D eigenvalue weighted by atomic mass is 9.85. The van der Waals surface area contributed by atoms with Gasteiger partial charge in [0, 0.05) is 30.7 Å². The minimum absolute atomic E-state index is 0.0169. The molecule has 3 aliphatic heterocycles. The van der Waals surface area contributed by atoms with Gasteiger partial charge in [0.05, 0.1) is 0 Å². The molecule has 2 bridgehead atoms. The number of piperidine rings is 1. The topological polar surface area (TPSA) is 50.8 Å². The molecule has 3 aromatic carbocycles. The first kappa shape index (κ1) is 23.8. The first-order valence-corrected chi connectivity index (χ1v) is 13.5. The Morgan fingerprint density at radius 1 is 0.865 bits per heavy atom. The molecule has 5 nitrogen and oxygen atoms in total. The number of carbonyl (C=O) groups is 1. The van der Waals surface area contributed by atoms with E-state index in [4.69, 9.17) is 9.47 Å². The average Bonchev–Trinajstić information content (AvgIpc) is 3.49. The molecule has 0 spiro atoms. The Morgan fingerprint density at radius 3 is 2.27 bits per heavy atom. The van der Waals surface area contributed by atoms with Crippen molar-refractivity contribution in [2.45, 2.75) is 51.1 Å². The maximum atomic E-state index is 12.3. The third-order valence-corrected chi connectivity index (χ3v) is 8.02. The largest absolute Gasteiger partial charge is 0.454 e. The van der Waals surface area contributed by atoms with Crippen molar-refractivity contribution >= 4 is 11.5 Å². The predicted molar refractivity (Wildman–Crippen MR) is 146 cm³/mol. The Bertz CT molecular complexity index is 1280. The van der Waals surface area contributed by atoms with Crippen LogP contribution in [0.4, 0.5) is 0 Å². The molecule has 3 aromatic rings. The van der Waals surface area contributed by atoms with Gasteiger partial charge in [-0.25, -0.2) is 0 Å². The molecule has 3 aliphatic rings. The van der Waals surface area contributed by atoms with E-state index in [0.717, 1.165) is 37.3 Å². The van der Waals surface area contributed by atoms with Crippen LogP contribution in [0.25, 0.3) is 5.57 Å². The molecule has 0 aliphatic carbocycles. The highest BCUT2D eigenvalue weighted by atomic mass is 16.7. The first-order valence-electron chi connectivity index (χ1n) is 13.5. The van der Waals surface area contributed by atoms with Crippen LogP contribution >= 0.6 is 0 Å². The first-order chi connectivity index (χ1) is 18.2. The zero-order chi connectivity index (χ0) is 25.2. The third kappa shape index (κ3) is 4.88. The van der Waals surface area contributed by atoms with Gasteiger partial charge in [-0.1, -0.05) is 54.1 Å². The van der Waals surface area contributed by atoms with Crippen LogP contribution in [-0.2, 0) is 6.42 Å². The van der Waals surface area contributed by atoms with Crippen molar-refractivity contribution in [1.29, 1.82) is 0 Å². The van der Waals surface area contributed by atoms with Crippen molar-refractivity contribution in [3.05, 3.63) is 101 Å². The van der Waals surface area contributed by atoms with Gasteiger partial charge >= 0.3 is 0 Å². The second-order valence-corrected chi connectivity index (χ2v) is 10.3. The molecule has 0 radical (unpaired) electrons. The van der Waals surface area contributed by atoms with Gasteiger partial charge in [0.25, 0.3) is 5.91 Å². The molecule has 2 fully saturated rings. The highest BCUT2D eigenvalue weighted by molar-refractivity contribution is 5.95. The summed E-state index contributed by atoms with van der Waals surface area (Å²) in [6, 6.07) is 26.4. The number of hydrogen-bond donors (Lipinski definition) is 1. The zero-order valence-corrected chi connectivity index (χ0v) is 21.4. The van der Waals surface area contributed by atoms with Crippen molar-refractivity contribution in [3.8, 4) is 11.5 Å². The van der Waals surface area contributed by atoms with E-state index in [1.165, 1.54) is 35.1 Å². The van der Waals surface area contributed by atoms with Crippen LogP contribution in [0.5, 0.6) is 11.5 Å². The number of nitrogens with one attached hydrogen (secondary N) is 1. The van der Waals surface area contributed by atoms with Crippen LogP contribution < -0.4 is 14.8 Å². The van der Waals surface area contributed by atoms with Crippen LogP contribution in [0, 0.1) is 0 Å².